The molecule has 4 fully saturated rings. The number of amides is 2. The van der Waals surface area contributed by atoms with Crippen LogP contribution in [0, 0.1) is 46.3 Å². The lowest BCUT2D eigenvalue weighted by atomic mass is 9.44. The molecule has 4 saturated carbocycles. The SMILES string of the molecule is CCNC(=O)O[C@@H]1CC[C@@]2(C)[C@H](CC[C@@H]3[C@@H]2CC[C@]2(C)[C@@H]([C@H](C)CCC(=O)N[C@H](CC(=O)O)Cc4c[nH]c5ccccc45)CC[C@@H]32)C1. The van der Waals surface area contributed by atoms with Crippen molar-refractivity contribution in [2.45, 2.75) is 123 Å². The summed E-state index contributed by atoms with van der Waals surface area (Å²) in [4.78, 5) is 40.3. The molecule has 8 heteroatoms. The van der Waals surface area contributed by atoms with Crippen LogP contribution in [-0.4, -0.2) is 46.8 Å². The van der Waals surface area contributed by atoms with Crippen molar-refractivity contribution < 1.29 is 24.2 Å². The molecule has 8 nitrogen and oxygen atoms in total. The van der Waals surface area contributed by atoms with Gasteiger partial charge in [-0.15, -0.1) is 0 Å². The van der Waals surface area contributed by atoms with Crippen molar-refractivity contribution in [2.75, 3.05) is 6.54 Å². The number of rotatable bonds is 11. The number of carboxylic acid groups (broad SMARTS) is 1. The number of aliphatic carboxylic acids is 1. The lowest BCUT2D eigenvalue weighted by molar-refractivity contribution is -0.137. The maximum atomic E-state index is 13.2. The zero-order chi connectivity index (χ0) is 33.3. The van der Waals surface area contributed by atoms with E-state index in [2.05, 4.69) is 36.4 Å². The average Bonchev–Trinajstić information content (AvgIpc) is 3.60. The van der Waals surface area contributed by atoms with Crippen molar-refractivity contribution in [3.63, 3.8) is 0 Å². The van der Waals surface area contributed by atoms with Gasteiger partial charge in [-0.3, -0.25) is 9.59 Å². The number of carboxylic acids is 1. The monoisotopic (exact) mass is 647 g/mol. The third-order valence-electron chi connectivity index (χ3n) is 13.7. The van der Waals surface area contributed by atoms with Crippen LogP contribution in [0.4, 0.5) is 4.79 Å². The van der Waals surface area contributed by atoms with Crippen molar-refractivity contribution in [2.24, 2.45) is 46.3 Å². The van der Waals surface area contributed by atoms with Crippen molar-refractivity contribution in [1.29, 1.82) is 0 Å². The van der Waals surface area contributed by atoms with Crippen molar-refractivity contribution in [3.05, 3.63) is 36.0 Å². The van der Waals surface area contributed by atoms with E-state index in [4.69, 9.17) is 4.74 Å². The van der Waals surface area contributed by atoms with Gasteiger partial charge in [-0.05, 0) is 136 Å². The van der Waals surface area contributed by atoms with Gasteiger partial charge in [-0.2, -0.15) is 0 Å². The molecule has 1 aromatic heterocycles. The standard InChI is InChI=1S/C39H57N3O5/c1-5-40-37(46)47-28-16-18-38(3)26(21-28)11-12-30-32-14-13-31(39(32,4)19-17-33(30)38)24(2)10-15-35(43)42-27(22-36(44)45)20-25-23-41-34-9-7-6-8-29(25)34/h6-9,23-24,26-28,30-33,41H,5,10-22H2,1-4H3,(H,40,46)(H,42,43)(H,44,45)/t24-,26-,27+,28-,30+,31-,32+,33+,38+,39-/m1/s1. The Bertz CT molecular complexity index is 1440. The van der Waals surface area contributed by atoms with Crippen LogP contribution in [0.2, 0.25) is 0 Å². The highest BCUT2D eigenvalue weighted by atomic mass is 16.6. The van der Waals surface area contributed by atoms with Gasteiger partial charge >= 0.3 is 12.1 Å². The minimum atomic E-state index is -0.896. The molecule has 0 aliphatic heterocycles. The van der Waals surface area contributed by atoms with E-state index in [0.717, 1.165) is 59.9 Å². The summed E-state index contributed by atoms with van der Waals surface area (Å²) in [5.74, 6) is 3.06. The normalized spacial score (nSPS) is 34.4. The van der Waals surface area contributed by atoms with Gasteiger partial charge in [-0.1, -0.05) is 39.0 Å². The fraction of sp³-hybridized carbons (Fsp3) is 0.718. The first-order valence-electron chi connectivity index (χ1n) is 18.5. The summed E-state index contributed by atoms with van der Waals surface area (Å²) in [7, 11) is 0. The van der Waals surface area contributed by atoms with Crippen molar-refractivity contribution >= 4 is 28.9 Å². The predicted octanol–water partition coefficient (Wildman–Crippen LogP) is 7.86. The predicted molar refractivity (Wildman–Crippen MR) is 184 cm³/mol. The molecule has 6 rings (SSSR count). The Balaban J connectivity index is 1.04. The van der Waals surface area contributed by atoms with E-state index in [0.29, 0.717) is 48.0 Å². The summed E-state index contributed by atoms with van der Waals surface area (Å²) < 4.78 is 5.80. The van der Waals surface area contributed by atoms with Gasteiger partial charge in [0.25, 0.3) is 0 Å². The number of H-pyrrole nitrogens is 1. The Kier molecular flexibility index (Phi) is 9.96. The molecule has 0 bridgehead atoms. The van der Waals surface area contributed by atoms with Crippen LogP contribution < -0.4 is 10.6 Å². The minimum Gasteiger partial charge on any atom is -0.481 e. The highest BCUT2D eigenvalue weighted by molar-refractivity contribution is 5.83. The summed E-state index contributed by atoms with van der Waals surface area (Å²) in [6, 6.07) is 7.56. The zero-order valence-electron chi connectivity index (χ0n) is 29.0. The third kappa shape index (κ3) is 6.80. The summed E-state index contributed by atoms with van der Waals surface area (Å²) in [5, 5.41) is 16.5. The lowest BCUT2D eigenvalue weighted by Gasteiger charge is -2.61. The summed E-state index contributed by atoms with van der Waals surface area (Å²) >= 11 is 0. The van der Waals surface area contributed by atoms with E-state index in [1.165, 1.54) is 38.5 Å². The largest absolute Gasteiger partial charge is 0.481 e. The molecule has 4 N–H and O–H groups in total. The number of nitrogens with one attached hydrogen (secondary N) is 3. The third-order valence-corrected chi connectivity index (χ3v) is 13.7. The molecule has 47 heavy (non-hydrogen) atoms. The number of alkyl carbamates (subject to hydrolysis) is 1. The second-order valence-electron chi connectivity index (χ2n) is 16.2. The molecule has 2 aromatic rings. The van der Waals surface area contributed by atoms with Gasteiger partial charge in [0, 0.05) is 36.1 Å². The van der Waals surface area contributed by atoms with E-state index >= 15 is 0 Å². The first-order valence-corrected chi connectivity index (χ1v) is 18.5. The maximum Gasteiger partial charge on any atom is 0.407 e. The number of benzene rings is 1. The summed E-state index contributed by atoms with van der Waals surface area (Å²) in [5.41, 5.74) is 2.71. The van der Waals surface area contributed by atoms with Crippen LogP contribution in [0.5, 0.6) is 0 Å². The van der Waals surface area contributed by atoms with Crippen LogP contribution >= 0.6 is 0 Å². The quantitative estimate of drug-likeness (QED) is 0.198. The van der Waals surface area contributed by atoms with Gasteiger partial charge in [0.15, 0.2) is 0 Å². The van der Waals surface area contributed by atoms with E-state index in [9.17, 15) is 19.5 Å². The van der Waals surface area contributed by atoms with Crippen molar-refractivity contribution in [3.8, 4) is 0 Å². The molecule has 2 amide bonds. The van der Waals surface area contributed by atoms with Crippen LogP contribution in [0.1, 0.15) is 110 Å². The molecule has 10 atom stereocenters. The Morgan fingerprint density at radius 3 is 2.57 bits per heavy atom. The smallest absolute Gasteiger partial charge is 0.407 e. The number of para-hydroxylation sites is 1. The zero-order valence-corrected chi connectivity index (χ0v) is 29.0. The average molecular weight is 648 g/mol. The van der Waals surface area contributed by atoms with Gasteiger partial charge < -0.3 is 25.5 Å². The number of carbonyl (C=O) groups excluding carboxylic acids is 2. The molecule has 258 valence electrons. The number of aromatic amines is 1. The van der Waals surface area contributed by atoms with Gasteiger partial charge in [0.05, 0.1) is 6.42 Å². The van der Waals surface area contributed by atoms with Crippen molar-refractivity contribution in [1.82, 2.24) is 15.6 Å². The number of carbonyl (C=O) groups is 3. The number of hydrogen-bond donors (Lipinski definition) is 4. The number of hydrogen-bond acceptors (Lipinski definition) is 4. The molecule has 1 aromatic carbocycles. The van der Waals surface area contributed by atoms with Crippen LogP contribution in [0.15, 0.2) is 30.5 Å². The number of aromatic nitrogens is 1. The maximum absolute atomic E-state index is 13.2. The Hall–Kier alpha value is -3.03. The van der Waals surface area contributed by atoms with Gasteiger partial charge in [0.2, 0.25) is 5.91 Å². The molecule has 4 aliphatic carbocycles. The van der Waals surface area contributed by atoms with E-state index < -0.39 is 12.0 Å². The minimum absolute atomic E-state index is 0.0376. The molecule has 4 aliphatic rings. The van der Waals surface area contributed by atoms with Crippen LogP contribution in [0.25, 0.3) is 10.9 Å². The first-order chi connectivity index (χ1) is 22.5. The molecule has 0 spiro atoms. The highest BCUT2D eigenvalue weighted by Crippen LogP contribution is 2.68. The lowest BCUT2D eigenvalue weighted by Crippen LogP contribution is -2.54. The van der Waals surface area contributed by atoms with Crippen LogP contribution in [0.3, 0.4) is 0 Å². The van der Waals surface area contributed by atoms with Gasteiger partial charge in [-0.25, -0.2) is 4.79 Å². The van der Waals surface area contributed by atoms with Crippen LogP contribution in [-0.2, 0) is 20.7 Å². The molecule has 0 radical (unpaired) electrons. The number of ether oxygens (including phenoxy) is 1. The second-order valence-corrected chi connectivity index (χ2v) is 16.2. The first kappa shape index (κ1) is 33.9. The molecular weight excluding hydrogens is 590 g/mol. The Morgan fingerprint density at radius 2 is 1.79 bits per heavy atom. The van der Waals surface area contributed by atoms with E-state index in [1.54, 1.807) is 0 Å². The highest BCUT2D eigenvalue weighted by Gasteiger charge is 2.60. The Labute approximate surface area is 280 Å². The molecule has 1 heterocycles. The van der Waals surface area contributed by atoms with E-state index in [-0.39, 0.29) is 24.5 Å². The number of fused-ring (bicyclic) bond motifs is 6. The summed E-state index contributed by atoms with van der Waals surface area (Å²) in [6.07, 6.45) is 14.2. The van der Waals surface area contributed by atoms with Gasteiger partial charge in [0.1, 0.15) is 6.10 Å². The fourth-order valence-corrected chi connectivity index (χ4v) is 11.4. The topological polar surface area (TPSA) is 121 Å². The molecule has 0 saturated heterocycles. The van der Waals surface area contributed by atoms with E-state index in [1.807, 2.05) is 37.4 Å². The fourth-order valence-electron chi connectivity index (χ4n) is 11.4. The molecular formula is C39H57N3O5. The second kappa shape index (κ2) is 13.8. The molecule has 0 unspecified atom stereocenters. The Morgan fingerprint density at radius 1 is 1.02 bits per heavy atom. The summed E-state index contributed by atoms with van der Waals surface area (Å²) in [6.45, 7) is 10.0.